The summed E-state index contributed by atoms with van der Waals surface area (Å²) in [6.07, 6.45) is 1.60. The van der Waals surface area contributed by atoms with E-state index in [1.807, 2.05) is 60.7 Å². The fourth-order valence-electron chi connectivity index (χ4n) is 1.48. The van der Waals surface area contributed by atoms with E-state index in [0.29, 0.717) is 5.56 Å². The lowest BCUT2D eigenvalue weighted by Crippen LogP contribution is -1.94. The molecule has 1 nitrogen and oxygen atoms in total. The van der Waals surface area contributed by atoms with Crippen LogP contribution in [-0.2, 0) is 0 Å². The van der Waals surface area contributed by atoms with Gasteiger partial charge in [0.05, 0.1) is 0 Å². The van der Waals surface area contributed by atoms with Crippen LogP contribution in [0.1, 0.15) is 15.9 Å². The van der Waals surface area contributed by atoms with Gasteiger partial charge < -0.3 is 0 Å². The Hall–Kier alpha value is -1.67. The molecular weight excluding hydrogens is 276 g/mol. The molecule has 2 heteroatoms. The van der Waals surface area contributed by atoms with Gasteiger partial charge >= 0.3 is 0 Å². The van der Waals surface area contributed by atoms with Crippen molar-refractivity contribution in [3.05, 3.63) is 77.9 Å². The zero-order valence-corrected chi connectivity index (χ0v) is 10.7. The van der Waals surface area contributed by atoms with Crippen LogP contribution in [0, 0.1) is 0 Å². The molecule has 0 aliphatic heterocycles. The number of hydrogen-bond acceptors (Lipinski definition) is 1. The monoisotopic (exact) mass is 286 g/mol. The van der Waals surface area contributed by atoms with Crippen molar-refractivity contribution in [3.8, 4) is 0 Å². The third-order valence-electron chi connectivity index (χ3n) is 2.37. The first kappa shape index (κ1) is 11.8. The molecule has 17 heavy (non-hydrogen) atoms. The number of allylic oxidation sites excluding steroid dienone is 1. The predicted octanol–water partition coefficient (Wildman–Crippen LogP) is 4.31. The van der Waals surface area contributed by atoms with Crippen LogP contribution in [0.4, 0.5) is 0 Å². The van der Waals surface area contributed by atoms with E-state index in [1.54, 1.807) is 6.08 Å². The van der Waals surface area contributed by atoms with E-state index in [2.05, 4.69) is 15.9 Å². The van der Waals surface area contributed by atoms with Crippen LogP contribution in [0.2, 0.25) is 0 Å². The van der Waals surface area contributed by atoms with Crippen molar-refractivity contribution >= 4 is 26.2 Å². The van der Waals surface area contributed by atoms with Gasteiger partial charge in [-0.05, 0) is 5.56 Å². The molecule has 0 fully saturated rings. The minimum atomic E-state index is 0.00123. The van der Waals surface area contributed by atoms with E-state index in [-0.39, 0.29) is 5.78 Å². The predicted molar refractivity (Wildman–Crippen MR) is 74.1 cm³/mol. The summed E-state index contributed by atoms with van der Waals surface area (Å²) in [7, 11) is 0. The van der Waals surface area contributed by atoms with Gasteiger partial charge in [-0.25, -0.2) is 0 Å². The molecule has 0 aromatic heterocycles. The van der Waals surface area contributed by atoms with Crippen LogP contribution in [-0.4, -0.2) is 5.78 Å². The minimum Gasteiger partial charge on any atom is -0.289 e. The summed E-state index contributed by atoms with van der Waals surface area (Å²) in [6, 6.07) is 19.0. The van der Waals surface area contributed by atoms with E-state index in [0.717, 1.165) is 10.0 Å². The van der Waals surface area contributed by atoms with Crippen molar-refractivity contribution in [1.29, 1.82) is 0 Å². The molecule has 0 radical (unpaired) electrons. The standard InChI is InChI=1S/C15H11BrO/c16-14(12-7-3-1-4-8-12)11-15(17)13-9-5-2-6-10-13/h1-11H/b14-11-. The number of carbonyl (C=O) groups is 1. The Morgan fingerprint density at radius 1 is 0.824 bits per heavy atom. The average Bonchev–Trinajstić information content (AvgIpc) is 2.40. The molecule has 2 aromatic rings. The summed E-state index contributed by atoms with van der Waals surface area (Å²) < 4.78 is 0.798. The fourth-order valence-corrected chi connectivity index (χ4v) is 1.95. The van der Waals surface area contributed by atoms with Crippen molar-refractivity contribution in [2.75, 3.05) is 0 Å². The van der Waals surface area contributed by atoms with Gasteiger partial charge in [0, 0.05) is 16.1 Å². The van der Waals surface area contributed by atoms with E-state index in [9.17, 15) is 4.79 Å². The first-order valence-electron chi connectivity index (χ1n) is 5.29. The SMILES string of the molecule is O=C(/C=C(\Br)c1ccccc1)c1ccccc1. The van der Waals surface area contributed by atoms with Crippen molar-refractivity contribution in [2.24, 2.45) is 0 Å². The third-order valence-corrected chi connectivity index (χ3v) is 3.05. The Morgan fingerprint density at radius 2 is 1.29 bits per heavy atom. The largest absolute Gasteiger partial charge is 0.289 e. The molecule has 0 heterocycles. The summed E-state index contributed by atoms with van der Waals surface area (Å²) in [5.74, 6) is 0.00123. The molecule has 0 atom stereocenters. The Morgan fingerprint density at radius 3 is 1.82 bits per heavy atom. The zero-order valence-electron chi connectivity index (χ0n) is 9.14. The van der Waals surface area contributed by atoms with Gasteiger partial charge in [-0.3, -0.25) is 4.79 Å². The second kappa shape index (κ2) is 5.60. The summed E-state index contributed by atoms with van der Waals surface area (Å²) >= 11 is 3.42. The summed E-state index contributed by atoms with van der Waals surface area (Å²) in [5, 5.41) is 0. The van der Waals surface area contributed by atoms with Crippen LogP contribution in [0.3, 0.4) is 0 Å². The van der Waals surface area contributed by atoms with E-state index < -0.39 is 0 Å². The van der Waals surface area contributed by atoms with Crippen molar-refractivity contribution in [3.63, 3.8) is 0 Å². The Balaban J connectivity index is 2.24. The van der Waals surface area contributed by atoms with Gasteiger partial charge in [0.2, 0.25) is 0 Å². The Labute approximate surface area is 109 Å². The molecule has 2 aromatic carbocycles. The lowest BCUT2D eigenvalue weighted by atomic mass is 10.1. The molecule has 0 N–H and O–H groups in total. The molecule has 0 amide bonds. The maximum atomic E-state index is 11.9. The molecule has 0 aliphatic rings. The highest BCUT2D eigenvalue weighted by atomic mass is 79.9. The van der Waals surface area contributed by atoms with E-state index in [4.69, 9.17) is 0 Å². The number of benzene rings is 2. The van der Waals surface area contributed by atoms with Crippen LogP contribution < -0.4 is 0 Å². The molecule has 0 spiro atoms. The Kier molecular flexibility index (Phi) is 3.89. The maximum Gasteiger partial charge on any atom is 0.186 e. The van der Waals surface area contributed by atoms with Gasteiger partial charge in [-0.1, -0.05) is 76.6 Å². The lowest BCUT2D eigenvalue weighted by Gasteiger charge is -1.99. The minimum absolute atomic E-state index is 0.00123. The molecule has 84 valence electrons. The molecule has 0 unspecified atom stereocenters. The van der Waals surface area contributed by atoms with Gasteiger partial charge in [0.1, 0.15) is 0 Å². The average molecular weight is 287 g/mol. The maximum absolute atomic E-state index is 11.9. The first-order valence-corrected chi connectivity index (χ1v) is 6.08. The van der Waals surface area contributed by atoms with Gasteiger partial charge in [-0.2, -0.15) is 0 Å². The van der Waals surface area contributed by atoms with E-state index in [1.165, 1.54) is 0 Å². The lowest BCUT2D eigenvalue weighted by molar-refractivity contribution is 0.104. The van der Waals surface area contributed by atoms with Gasteiger partial charge in [0.25, 0.3) is 0 Å². The number of halogens is 1. The van der Waals surface area contributed by atoms with Crippen molar-refractivity contribution in [2.45, 2.75) is 0 Å². The third kappa shape index (κ3) is 3.14. The van der Waals surface area contributed by atoms with Crippen LogP contribution in [0.15, 0.2) is 66.7 Å². The van der Waals surface area contributed by atoms with E-state index >= 15 is 0 Å². The number of ketones is 1. The highest BCUT2D eigenvalue weighted by Crippen LogP contribution is 2.21. The summed E-state index contributed by atoms with van der Waals surface area (Å²) in [6.45, 7) is 0. The van der Waals surface area contributed by atoms with Crippen molar-refractivity contribution in [1.82, 2.24) is 0 Å². The Bertz CT molecular complexity index is 529. The van der Waals surface area contributed by atoms with Crippen LogP contribution in [0.25, 0.3) is 4.48 Å². The van der Waals surface area contributed by atoms with Gasteiger partial charge in [0.15, 0.2) is 5.78 Å². The fraction of sp³-hybridized carbons (Fsp3) is 0. The summed E-state index contributed by atoms with van der Waals surface area (Å²) in [4.78, 5) is 11.9. The molecular formula is C15H11BrO. The topological polar surface area (TPSA) is 17.1 Å². The zero-order chi connectivity index (χ0) is 12.1. The second-order valence-electron chi connectivity index (χ2n) is 3.59. The van der Waals surface area contributed by atoms with Gasteiger partial charge in [-0.15, -0.1) is 0 Å². The number of carbonyl (C=O) groups excluding carboxylic acids is 1. The quantitative estimate of drug-likeness (QED) is 0.607. The van der Waals surface area contributed by atoms with Crippen LogP contribution in [0.5, 0.6) is 0 Å². The normalized spacial score (nSPS) is 11.2. The molecule has 2 rings (SSSR count). The molecule has 0 bridgehead atoms. The van der Waals surface area contributed by atoms with Crippen molar-refractivity contribution < 1.29 is 4.79 Å². The molecule has 0 saturated heterocycles. The first-order chi connectivity index (χ1) is 8.27. The smallest absolute Gasteiger partial charge is 0.186 e. The molecule has 0 saturated carbocycles. The second-order valence-corrected chi connectivity index (χ2v) is 4.44. The number of hydrogen-bond donors (Lipinski definition) is 0. The highest BCUT2D eigenvalue weighted by molar-refractivity contribution is 9.15. The summed E-state index contributed by atoms with van der Waals surface area (Å²) in [5.41, 5.74) is 1.69. The highest BCUT2D eigenvalue weighted by Gasteiger charge is 2.03. The number of rotatable bonds is 3. The van der Waals surface area contributed by atoms with Crippen LogP contribution >= 0.6 is 15.9 Å². The molecule has 0 aliphatic carbocycles.